The van der Waals surface area contributed by atoms with E-state index in [4.69, 9.17) is 17.3 Å². The van der Waals surface area contributed by atoms with Gasteiger partial charge in [0.2, 0.25) is 5.91 Å². The standard InChI is InChI=1S/C12H17ClN2O2S/c1-2-18(17)6-5-15-8-10-4-3-9(12(14)16)7-11(10)13/h3-4,7,15H,2,5-6,8H2,1H3,(H2,14,16). The number of hydrogen-bond acceptors (Lipinski definition) is 3. The lowest BCUT2D eigenvalue weighted by molar-refractivity contribution is 0.100. The minimum atomic E-state index is -0.757. The Morgan fingerprint density at radius 2 is 2.22 bits per heavy atom. The van der Waals surface area contributed by atoms with E-state index < -0.39 is 16.7 Å². The van der Waals surface area contributed by atoms with Crippen LogP contribution < -0.4 is 11.1 Å². The molecule has 1 unspecified atom stereocenters. The van der Waals surface area contributed by atoms with Crippen LogP contribution in [0.1, 0.15) is 22.8 Å². The van der Waals surface area contributed by atoms with Crippen molar-refractivity contribution in [2.75, 3.05) is 18.1 Å². The third kappa shape index (κ3) is 4.76. The number of rotatable bonds is 7. The second-order valence-electron chi connectivity index (χ2n) is 3.78. The van der Waals surface area contributed by atoms with Gasteiger partial charge in [0.15, 0.2) is 0 Å². The van der Waals surface area contributed by atoms with Gasteiger partial charge in [0, 0.05) is 46.0 Å². The van der Waals surface area contributed by atoms with Crippen LogP contribution in [0.3, 0.4) is 0 Å². The summed E-state index contributed by atoms with van der Waals surface area (Å²) < 4.78 is 11.2. The summed E-state index contributed by atoms with van der Waals surface area (Å²) in [5.41, 5.74) is 6.45. The lowest BCUT2D eigenvalue weighted by Crippen LogP contribution is -2.21. The Morgan fingerprint density at radius 1 is 1.50 bits per heavy atom. The van der Waals surface area contributed by atoms with Crippen molar-refractivity contribution in [3.63, 3.8) is 0 Å². The molecule has 1 aromatic rings. The summed E-state index contributed by atoms with van der Waals surface area (Å²) in [5, 5.41) is 3.67. The first kappa shape index (κ1) is 15.1. The molecule has 0 bridgehead atoms. The highest BCUT2D eigenvalue weighted by atomic mass is 35.5. The molecule has 1 atom stereocenters. The van der Waals surface area contributed by atoms with Gasteiger partial charge >= 0.3 is 0 Å². The Morgan fingerprint density at radius 3 is 2.78 bits per heavy atom. The Bertz CT molecular complexity index is 452. The predicted octanol–water partition coefficient (Wildman–Crippen LogP) is 1.30. The maximum atomic E-state index is 11.2. The molecule has 18 heavy (non-hydrogen) atoms. The van der Waals surface area contributed by atoms with Crippen molar-refractivity contribution in [1.82, 2.24) is 5.32 Å². The Balaban J connectivity index is 2.48. The van der Waals surface area contributed by atoms with Crippen molar-refractivity contribution in [3.8, 4) is 0 Å². The van der Waals surface area contributed by atoms with Crippen LogP contribution in [-0.2, 0) is 17.3 Å². The number of nitrogens with two attached hydrogens (primary N) is 1. The molecular weight excluding hydrogens is 272 g/mol. The van der Waals surface area contributed by atoms with Crippen molar-refractivity contribution in [2.24, 2.45) is 5.73 Å². The highest BCUT2D eigenvalue weighted by Gasteiger charge is 2.05. The van der Waals surface area contributed by atoms with E-state index in [9.17, 15) is 9.00 Å². The molecule has 4 nitrogen and oxygen atoms in total. The molecule has 6 heteroatoms. The average Bonchev–Trinajstić information content (AvgIpc) is 2.35. The molecule has 0 spiro atoms. The van der Waals surface area contributed by atoms with Gasteiger partial charge in [0.05, 0.1) is 0 Å². The second-order valence-corrected chi connectivity index (χ2v) is 6.05. The Kier molecular flexibility index (Phi) is 6.32. The number of benzene rings is 1. The van der Waals surface area contributed by atoms with E-state index in [1.165, 1.54) is 0 Å². The fourth-order valence-corrected chi connectivity index (χ4v) is 2.31. The van der Waals surface area contributed by atoms with Gasteiger partial charge in [0.25, 0.3) is 0 Å². The lowest BCUT2D eigenvalue weighted by Gasteiger charge is -2.07. The van der Waals surface area contributed by atoms with Crippen molar-refractivity contribution in [2.45, 2.75) is 13.5 Å². The summed E-state index contributed by atoms with van der Waals surface area (Å²) in [4.78, 5) is 10.9. The summed E-state index contributed by atoms with van der Waals surface area (Å²) in [5.74, 6) is 0.818. The number of amides is 1. The molecule has 0 aromatic heterocycles. The molecular formula is C12H17ClN2O2S. The Labute approximate surface area is 114 Å². The van der Waals surface area contributed by atoms with Crippen LogP contribution in [-0.4, -0.2) is 28.2 Å². The quantitative estimate of drug-likeness (QED) is 0.743. The van der Waals surface area contributed by atoms with E-state index in [0.29, 0.717) is 35.2 Å². The van der Waals surface area contributed by atoms with Gasteiger partial charge in [-0.1, -0.05) is 24.6 Å². The van der Waals surface area contributed by atoms with Crippen LogP contribution in [0, 0.1) is 0 Å². The SMILES string of the molecule is CCS(=O)CCNCc1ccc(C(N)=O)cc1Cl. The maximum absolute atomic E-state index is 11.2. The van der Waals surface area contributed by atoms with E-state index in [1.807, 2.05) is 6.92 Å². The van der Waals surface area contributed by atoms with Crippen LogP contribution in [0.25, 0.3) is 0 Å². The zero-order valence-corrected chi connectivity index (χ0v) is 11.8. The molecule has 0 saturated carbocycles. The molecule has 1 aromatic carbocycles. The summed E-state index contributed by atoms with van der Waals surface area (Å²) in [6, 6.07) is 4.98. The van der Waals surface area contributed by atoms with Crippen LogP contribution in [0.2, 0.25) is 5.02 Å². The van der Waals surface area contributed by atoms with Gasteiger partial charge in [-0.3, -0.25) is 9.00 Å². The maximum Gasteiger partial charge on any atom is 0.248 e. The third-order valence-corrected chi connectivity index (χ3v) is 4.14. The van der Waals surface area contributed by atoms with E-state index >= 15 is 0 Å². The molecule has 0 aliphatic carbocycles. The van der Waals surface area contributed by atoms with Gasteiger partial charge in [-0.2, -0.15) is 0 Å². The highest BCUT2D eigenvalue weighted by molar-refractivity contribution is 7.84. The topological polar surface area (TPSA) is 72.2 Å². The average molecular weight is 289 g/mol. The number of nitrogens with one attached hydrogen (secondary N) is 1. The zero-order chi connectivity index (χ0) is 13.5. The van der Waals surface area contributed by atoms with E-state index in [1.54, 1.807) is 18.2 Å². The molecule has 3 N–H and O–H groups in total. The molecule has 0 aliphatic rings. The molecule has 1 amide bonds. The highest BCUT2D eigenvalue weighted by Crippen LogP contribution is 2.17. The number of primary amides is 1. The minimum absolute atomic E-state index is 0.399. The number of carbonyl (C=O) groups is 1. The minimum Gasteiger partial charge on any atom is -0.366 e. The van der Waals surface area contributed by atoms with Crippen LogP contribution in [0.15, 0.2) is 18.2 Å². The van der Waals surface area contributed by atoms with Crippen LogP contribution in [0.5, 0.6) is 0 Å². The molecule has 0 heterocycles. The molecule has 1 rings (SSSR count). The number of hydrogen-bond donors (Lipinski definition) is 2. The summed E-state index contributed by atoms with van der Waals surface area (Å²) in [6.07, 6.45) is 0. The van der Waals surface area contributed by atoms with Crippen LogP contribution >= 0.6 is 11.6 Å². The largest absolute Gasteiger partial charge is 0.366 e. The lowest BCUT2D eigenvalue weighted by atomic mass is 10.1. The predicted molar refractivity (Wildman–Crippen MR) is 75.2 cm³/mol. The van der Waals surface area contributed by atoms with Gasteiger partial charge in [-0.05, 0) is 17.7 Å². The molecule has 0 aliphatic heterocycles. The molecule has 0 radical (unpaired) electrons. The Hall–Kier alpha value is -0.910. The number of halogens is 1. The summed E-state index contributed by atoms with van der Waals surface area (Å²) >= 11 is 6.03. The summed E-state index contributed by atoms with van der Waals surface area (Å²) in [6.45, 7) is 3.16. The normalized spacial score (nSPS) is 12.3. The molecule has 100 valence electrons. The van der Waals surface area contributed by atoms with Crippen molar-refractivity contribution in [1.29, 1.82) is 0 Å². The first-order valence-electron chi connectivity index (χ1n) is 5.68. The van der Waals surface area contributed by atoms with E-state index in [0.717, 1.165) is 5.56 Å². The van der Waals surface area contributed by atoms with Gasteiger partial charge in [0.1, 0.15) is 0 Å². The van der Waals surface area contributed by atoms with Crippen molar-refractivity contribution < 1.29 is 9.00 Å². The first-order valence-corrected chi connectivity index (χ1v) is 7.55. The molecule has 0 saturated heterocycles. The van der Waals surface area contributed by atoms with Gasteiger partial charge < -0.3 is 11.1 Å². The van der Waals surface area contributed by atoms with Crippen LogP contribution in [0.4, 0.5) is 0 Å². The monoisotopic (exact) mass is 288 g/mol. The van der Waals surface area contributed by atoms with E-state index in [-0.39, 0.29) is 0 Å². The first-order chi connectivity index (χ1) is 8.54. The van der Waals surface area contributed by atoms with Crippen molar-refractivity contribution >= 4 is 28.3 Å². The number of carbonyl (C=O) groups excluding carboxylic acids is 1. The van der Waals surface area contributed by atoms with Gasteiger partial charge in [-0.25, -0.2) is 0 Å². The van der Waals surface area contributed by atoms with Gasteiger partial charge in [-0.15, -0.1) is 0 Å². The van der Waals surface area contributed by atoms with Crippen molar-refractivity contribution in [3.05, 3.63) is 34.3 Å². The molecule has 0 fully saturated rings. The fraction of sp³-hybridized carbons (Fsp3) is 0.417. The van der Waals surface area contributed by atoms with E-state index in [2.05, 4.69) is 5.32 Å². The smallest absolute Gasteiger partial charge is 0.248 e. The third-order valence-electron chi connectivity index (χ3n) is 2.48. The zero-order valence-electron chi connectivity index (χ0n) is 10.2. The fourth-order valence-electron chi connectivity index (χ4n) is 1.40. The second kappa shape index (κ2) is 7.51. The summed E-state index contributed by atoms with van der Waals surface area (Å²) in [7, 11) is -0.757.